The standard InChI is InChI=1S/C10H17NO5S/c1-2-3-4-7(10(15)16)11-8(12)5-17-6-9(13)14/h7H,2-6H2,1H3,(H,11,12)(H,13,14)(H,15,16)/t7-/m0/s1. The van der Waals surface area contributed by atoms with Gasteiger partial charge in [0, 0.05) is 0 Å². The number of amides is 1. The van der Waals surface area contributed by atoms with Crippen LogP contribution in [0.4, 0.5) is 0 Å². The Morgan fingerprint density at radius 2 is 1.88 bits per heavy atom. The summed E-state index contributed by atoms with van der Waals surface area (Å²) in [6.45, 7) is 1.93. The van der Waals surface area contributed by atoms with Gasteiger partial charge in [-0.1, -0.05) is 19.8 Å². The van der Waals surface area contributed by atoms with E-state index in [0.29, 0.717) is 6.42 Å². The fourth-order valence-corrected chi connectivity index (χ4v) is 1.68. The molecule has 0 bridgehead atoms. The van der Waals surface area contributed by atoms with Gasteiger partial charge in [-0.25, -0.2) is 4.79 Å². The van der Waals surface area contributed by atoms with Gasteiger partial charge < -0.3 is 15.5 Å². The third-order valence-electron chi connectivity index (χ3n) is 1.94. The predicted molar refractivity (Wildman–Crippen MR) is 64.1 cm³/mol. The van der Waals surface area contributed by atoms with Crippen molar-refractivity contribution in [2.24, 2.45) is 0 Å². The van der Waals surface area contributed by atoms with Gasteiger partial charge in [0.15, 0.2) is 0 Å². The smallest absolute Gasteiger partial charge is 0.326 e. The molecule has 0 saturated heterocycles. The summed E-state index contributed by atoms with van der Waals surface area (Å²) in [4.78, 5) is 32.3. The normalized spacial score (nSPS) is 11.8. The van der Waals surface area contributed by atoms with Crippen LogP contribution in [0, 0.1) is 0 Å². The van der Waals surface area contributed by atoms with E-state index in [0.717, 1.165) is 24.6 Å². The summed E-state index contributed by atoms with van der Waals surface area (Å²) in [5.41, 5.74) is 0. The highest BCUT2D eigenvalue weighted by atomic mass is 32.2. The summed E-state index contributed by atoms with van der Waals surface area (Å²) in [7, 11) is 0. The van der Waals surface area contributed by atoms with Gasteiger partial charge in [-0.2, -0.15) is 0 Å². The van der Waals surface area contributed by atoms with Crippen LogP contribution in [0.15, 0.2) is 0 Å². The predicted octanol–water partition coefficient (Wildman–Crippen LogP) is 0.564. The van der Waals surface area contributed by atoms with E-state index in [4.69, 9.17) is 10.2 Å². The number of unbranched alkanes of at least 4 members (excludes halogenated alkanes) is 1. The molecule has 0 aromatic carbocycles. The number of hydrogen-bond donors (Lipinski definition) is 3. The first-order chi connectivity index (χ1) is 7.97. The summed E-state index contributed by atoms with van der Waals surface area (Å²) < 4.78 is 0. The van der Waals surface area contributed by atoms with Crippen molar-refractivity contribution in [2.45, 2.75) is 32.2 Å². The molecule has 1 amide bonds. The molecular weight excluding hydrogens is 246 g/mol. The van der Waals surface area contributed by atoms with E-state index in [1.807, 2.05) is 6.92 Å². The number of nitrogens with one attached hydrogen (secondary N) is 1. The lowest BCUT2D eigenvalue weighted by atomic mass is 10.1. The number of carboxylic acids is 2. The molecule has 0 heterocycles. The lowest BCUT2D eigenvalue weighted by Gasteiger charge is -2.13. The van der Waals surface area contributed by atoms with Crippen LogP contribution in [0.5, 0.6) is 0 Å². The largest absolute Gasteiger partial charge is 0.481 e. The number of thioether (sulfide) groups is 1. The number of carbonyl (C=O) groups excluding carboxylic acids is 1. The molecule has 17 heavy (non-hydrogen) atoms. The third-order valence-corrected chi connectivity index (χ3v) is 2.86. The van der Waals surface area contributed by atoms with E-state index in [2.05, 4.69) is 5.32 Å². The molecule has 0 aliphatic rings. The van der Waals surface area contributed by atoms with Gasteiger partial charge in [-0.3, -0.25) is 9.59 Å². The summed E-state index contributed by atoms with van der Waals surface area (Å²) in [5.74, 6) is -2.71. The first-order valence-corrected chi connectivity index (χ1v) is 6.44. The Bertz CT molecular complexity index is 282. The number of carboxylic acid groups (broad SMARTS) is 2. The molecule has 3 N–H and O–H groups in total. The van der Waals surface area contributed by atoms with E-state index in [9.17, 15) is 14.4 Å². The van der Waals surface area contributed by atoms with Gasteiger partial charge in [0.05, 0.1) is 11.5 Å². The molecule has 6 nitrogen and oxygen atoms in total. The molecule has 0 unspecified atom stereocenters. The van der Waals surface area contributed by atoms with Gasteiger partial charge in [-0.05, 0) is 6.42 Å². The van der Waals surface area contributed by atoms with Crippen LogP contribution in [-0.2, 0) is 14.4 Å². The Hall–Kier alpha value is -1.24. The van der Waals surface area contributed by atoms with Crippen molar-refractivity contribution < 1.29 is 24.6 Å². The molecule has 0 aliphatic heterocycles. The van der Waals surface area contributed by atoms with Crippen molar-refractivity contribution in [3.8, 4) is 0 Å². The summed E-state index contributed by atoms with van der Waals surface area (Å²) in [6.07, 6.45) is 1.97. The van der Waals surface area contributed by atoms with E-state index in [1.165, 1.54) is 0 Å². The minimum Gasteiger partial charge on any atom is -0.481 e. The number of aliphatic carboxylic acids is 2. The van der Waals surface area contributed by atoms with Crippen molar-refractivity contribution >= 4 is 29.6 Å². The van der Waals surface area contributed by atoms with Crippen molar-refractivity contribution in [3.05, 3.63) is 0 Å². The van der Waals surface area contributed by atoms with E-state index in [-0.39, 0.29) is 11.5 Å². The summed E-state index contributed by atoms with van der Waals surface area (Å²) >= 11 is 0.942. The van der Waals surface area contributed by atoms with Crippen LogP contribution in [0.25, 0.3) is 0 Å². The summed E-state index contributed by atoms with van der Waals surface area (Å²) in [5, 5.41) is 19.6. The van der Waals surface area contributed by atoms with Crippen molar-refractivity contribution in [1.29, 1.82) is 0 Å². The zero-order valence-electron chi connectivity index (χ0n) is 9.64. The lowest BCUT2D eigenvalue weighted by molar-refractivity contribution is -0.141. The van der Waals surface area contributed by atoms with Crippen molar-refractivity contribution in [2.75, 3.05) is 11.5 Å². The maximum atomic E-state index is 11.3. The second-order valence-electron chi connectivity index (χ2n) is 3.49. The Balaban J connectivity index is 3.95. The topological polar surface area (TPSA) is 104 Å². The van der Waals surface area contributed by atoms with Crippen LogP contribution < -0.4 is 5.32 Å². The lowest BCUT2D eigenvalue weighted by Crippen LogP contribution is -2.41. The molecule has 0 aromatic rings. The minimum absolute atomic E-state index is 0.0395. The molecule has 1 atom stereocenters. The fraction of sp³-hybridized carbons (Fsp3) is 0.700. The van der Waals surface area contributed by atoms with E-state index >= 15 is 0 Å². The Morgan fingerprint density at radius 1 is 1.24 bits per heavy atom. The van der Waals surface area contributed by atoms with Gasteiger partial charge in [-0.15, -0.1) is 11.8 Å². The highest BCUT2D eigenvalue weighted by Gasteiger charge is 2.18. The number of hydrogen-bond acceptors (Lipinski definition) is 4. The highest BCUT2D eigenvalue weighted by Crippen LogP contribution is 2.03. The van der Waals surface area contributed by atoms with Crippen molar-refractivity contribution in [3.63, 3.8) is 0 Å². The fourth-order valence-electron chi connectivity index (χ4n) is 1.13. The molecule has 0 aliphatic carbocycles. The molecule has 0 aromatic heterocycles. The average Bonchev–Trinajstić information content (AvgIpc) is 2.23. The second-order valence-corrected chi connectivity index (χ2v) is 4.47. The molecule has 7 heteroatoms. The molecule has 98 valence electrons. The molecule has 0 radical (unpaired) electrons. The zero-order chi connectivity index (χ0) is 13.3. The molecule has 0 saturated carbocycles. The SMILES string of the molecule is CCCC[C@H](NC(=O)CSCC(=O)O)C(=O)O. The third kappa shape index (κ3) is 8.56. The van der Waals surface area contributed by atoms with E-state index < -0.39 is 23.9 Å². The number of rotatable bonds is 9. The molecule has 0 fully saturated rings. The number of carbonyl (C=O) groups is 3. The highest BCUT2D eigenvalue weighted by molar-refractivity contribution is 8.00. The monoisotopic (exact) mass is 263 g/mol. The van der Waals surface area contributed by atoms with Crippen LogP contribution in [0.3, 0.4) is 0 Å². The zero-order valence-corrected chi connectivity index (χ0v) is 10.5. The van der Waals surface area contributed by atoms with Gasteiger partial charge in [0.2, 0.25) is 5.91 Å². The Labute approximate surface area is 104 Å². The average molecular weight is 263 g/mol. The van der Waals surface area contributed by atoms with Crippen LogP contribution in [0.1, 0.15) is 26.2 Å². The first-order valence-electron chi connectivity index (χ1n) is 5.29. The van der Waals surface area contributed by atoms with Crippen LogP contribution in [-0.4, -0.2) is 45.6 Å². The van der Waals surface area contributed by atoms with Crippen LogP contribution in [0.2, 0.25) is 0 Å². The maximum absolute atomic E-state index is 11.3. The summed E-state index contributed by atoms with van der Waals surface area (Å²) in [6, 6.07) is -0.882. The van der Waals surface area contributed by atoms with Gasteiger partial charge >= 0.3 is 11.9 Å². The van der Waals surface area contributed by atoms with Crippen LogP contribution >= 0.6 is 11.8 Å². The maximum Gasteiger partial charge on any atom is 0.326 e. The molecular formula is C10H17NO5S. The first kappa shape index (κ1) is 15.8. The van der Waals surface area contributed by atoms with Gasteiger partial charge in [0.25, 0.3) is 0 Å². The van der Waals surface area contributed by atoms with Gasteiger partial charge in [0.1, 0.15) is 6.04 Å². The molecule has 0 spiro atoms. The van der Waals surface area contributed by atoms with E-state index in [1.54, 1.807) is 0 Å². The Morgan fingerprint density at radius 3 is 2.35 bits per heavy atom. The van der Waals surface area contributed by atoms with Crippen molar-refractivity contribution in [1.82, 2.24) is 5.32 Å². The quantitative estimate of drug-likeness (QED) is 0.561. The molecule has 0 rings (SSSR count). The Kier molecular flexibility index (Phi) is 8.21. The second kappa shape index (κ2) is 8.86. The minimum atomic E-state index is -1.06.